The van der Waals surface area contributed by atoms with Gasteiger partial charge in [-0.1, -0.05) is 19.8 Å². The van der Waals surface area contributed by atoms with Gasteiger partial charge in [0.05, 0.1) is 6.04 Å². The van der Waals surface area contributed by atoms with Crippen LogP contribution in [0.2, 0.25) is 0 Å². The molecule has 2 rings (SSSR count). The van der Waals surface area contributed by atoms with E-state index in [1.807, 2.05) is 19.1 Å². The minimum atomic E-state index is -3.55. The highest BCUT2D eigenvalue weighted by atomic mass is 32.2. The number of hydrogen-bond acceptors (Lipinski definition) is 4. The Kier molecular flexibility index (Phi) is 5.86. The molecule has 1 aliphatic rings. The highest BCUT2D eigenvalue weighted by Crippen LogP contribution is 2.31. The van der Waals surface area contributed by atoms with Crippen LogP contribution in [-0.2, 0) is 21.2 Å². The van der Waals surface area contributed by atoms with Gasteiger partial charge in [0.25, 0.3) is 0 Å². The molecule has 1 aromatic heterocycles. The number of furan rings is 1. The molecule has 0 unspecified atom stereocenters. The molecule has 1 aliphatic heterocycles. The number of carbonyl (C=O) groups is 1. The second-order valence-electron chi connectivity index (χ2n) is 6.15. The maximum atomic E-state index is 12.6. The molecule has 0 aromatic carbocycles. The molecule has 0 saturated carbocycles. The quantitative estimate of drug-likeness (QED) is 0.822. The lowest BCUT2D eigenvalue weighted by Gasteiger charge is -2.29. The van der Waals surface area contributed by atoms with Crippen molar-refractivity contribution in [2.45, 2.75) is 45.1 Å². The lowest BCUT2D eigenvalue weighted by atomic mass is 10.1. The van der Waals surface area contributed by atoms with Gasteiger partial charge in [-0.2, -0.15) is 0 Å². The first-order valence-corrected chi connectivity index (χ1v) is 9.74. The predicted octanol–water partition coefficient (Wildman–Crippen LogP) is 2.18. The van der Waals surface area contributed by atoms with Gasteiger partial charge in [0.15, 0.2) is 0 Å². The third-order valence-corrected chi connectivity index (χ3v) is 6.02. The monoisotopic (exact) mass is 342 g/mol. The van der Waals surface area contributed by atoms with Crippen LogP contribution in [0.4, 0.5) is 0 Å². The molecule has 1 aromatic rings. The van der Waals surface area contributed by atoms with Gasteiger partial charge >= 0.3 is 0 Å². The summed E-state index contributed by atoms with van der Waals surface area (Å²) in [6.45, 7) is 2.59. The highest BCUT2D eigenvalue weighted by molar-refractivity contribution is 7.89. The Bertz CT molecular complexity index is 636. The molecule has 0 N–H and O–H groups in total. The zero-order chi connectivity index (χ0) is 17.0. The van der Waals surface area contributed by atoms with Crippen molar-refractivity contribution in [1.82, 2.24) is 9.21 Å². The normalized spacial score (nSPS) is 19.8. The van der Waals surface area contributed by atoms with Crippen LogP contribution < -0.4 is 0 Å². The van der Waals surface area contributed by atoms with E-state index in [2.05, 4.69) is 0 Å². The summed E-state index contributed by atoms with van der Waals surface area (Å²) in [5, 5.41) is 0. The van der Waals surface area contributed by atoms with Crippen molar-refractivity contribution in [2.75, 3.05) is 26.4 Å². The summed E-state index contributed by atoms with van der Waals surface area (Å²) < 4.78 is 31.0. The number of likely N-dealkylation sites (tertiary alicyclic amines) is 1. The molecule has 0 spiro atoms. The van der Waals surface area contributed by atoms with Crippen molar-refractivity contribution in [3.05, 3.63) is 23.7 Å². The molecule has 1 atom stereocenters. The number of carbonyl (C=O) groups excluding carboxylic acids is 1. The first kappa shape index (κ1) is 18.0. The van der Waals surface area contributed by atoms with E-state index in [9.17, 15) is 13.2 Å². The van der Waals surface area contributed by atoms with Crippen LogP contribution in [0.5, 0.6) is 0 Å². The number of nitrogens with zero attached hydrogens (tertiary/aromatic N) is 2. The molecule has 2 heterocycles. The fourth-order valence-electron chi connectivity index (χ4n) is 2.83. The lowest BCUT2D eigenvalue weighted by Crippen LogP contribution is -2.41. The summed E-state index contributed by atoms with van der Waals surface area (Å²) in [7, 11) is -0.658. The van der Waals surface area contributed by atoms with E-state index in [4.69, 9.17) is 4.42 Å². The van der Waals surface area contributed by atoms with Gasteiger partial charge in [0.1, 0.15) is 17.3 Å². The zero-order valence-corrected chi connectivity index (χ0v) is 14.9. The van der Waals surface area contributed by atoms with Crippen LogP contribution in [0, 0.1) is 0 Å². The summed E-state index contributed by atoms with van der Waals surface area (Å²) in [6, 6.07) is 3.68. The third kappa shape index (κ3) is 4.35. The van der Waals surface area contributed by atoms with E-state index in [1.54, 1.807) is 4.90 Å². The van der Waals surface area contributed by atoms with Crippen molar-refractivity contribution >= 4 is 15.9 Å². The predicted molar refractivity (Wildman–Crippen MR) is 88.5 cm³/mol. The number of amides is 1. The van der Waals surface area contributed by atoms with Gasteiger partial charge in [0.2, 0.25) is 15.9 Å². The molecule has 0 aliphatic carbocycles. The molecule has 1 amide bonds. The average molecular weight is 342 g/mol. The molecule has 0 bridgehead atoms. The van der Waals surface area contributed by atoms with Crippen LogP contribution in [-0.4, -0.2) is 49.9 Å². The van der Waals surface area contributed by atoms with Crippen molar-refractivity contribution in [1.29, 1.82) is 0 Å². The summed E-state index contributed by atoms with van der Waals surface area (Å²) >= 11 is 0. The molecule has 6 nitrogen and oxygen atoms in total. The molecule has 130 valence electrons. The summed E-state index contributed by atoms with van der Waals surface area (Å²) in [4.78, 5) is 14.3. The van der Waals surface area contributed by atoms with Crippen LogP contribution in [0.3, 0.4) is 0 Å². The van der Waals surface area contributed by atoms with Gasteiger partial charge in [-0.25, -0.2) is 12.7 Å². The van der Waals surface area contributed by atoms with Crippen molar-refractivity contribution in [2.24, 2.45) is 0 Å². The number of sulfonamides is 1. The fourth-order valence-corrected chi connectivity index (χ4v) is 3.57. The maximum Gasteiger partial charge on any atom is 0.239 e. The lowest BCUT2D eigenvalue weighted by molar-refractivity contribution is -0.131. The average Bonchev–Trinajstić information content (AvgIpc) is 2.83. The van der Waals surface area contributed by atoms with E-state index < -0.39 is 15.8 Å². The number of aryl methyl sites for hydroxylation is 1. The largest absolute Gasteiger partial charge is 0.464 e. The smallest absolute Gasteiger partial charge is 0.239 e. The van der Waals surface area contributed by atoms with E-state index >= 15 is 0 Å². The topological polar surface area (TPSA) is 70.8 Å². The Morgan fingerprint density at radius 2 is 2.04 bits per heavy atom. The number of rotatable bonds is 5. The van der Waals surface area contributed by atoms with E-state index in [1.165, 1.54) is 14.1 Å². The summed E-state index contributed by atoms with van der Waals surface area (Å²) in [5.74, 6) is 0.814. The second kappa shape index (κ2) is 7.49. The van der Waals surface area contributed by atoms with Crippen LogP contribution in [0.25, 0.3) is 0 Å². The maximum absolute atomic E-state index is 12.6. The van der Waals surface area contributed by atoms with Crippen LogP contribution in [0.15, 0.2) is 16.5 Å². The second-order valence-corrected chi connectivity index (χ2v) is 8.33. The van der Waals surface area contributed by atoms with Crippen LogP contribution >= 0.6 is 0 Å². The summed E-state index contributed by atoms with van der Waals surface area (Å²) in [5.41, 5.74) is 0. The van der Waals surface area contributed by atoms with Gasteiger partial charge in [-0.3, -0.25) is 4.79 Å². The molecule has 1 fully saturated rings. The Morgan fingerprint density at radius 3 is 2.65 bits per heavy atom. The minimum absolute atomic E-state index is 0.164. The van der Waals surface area contributed by atoms with Crippen LogP contribution in [0.1, 0.15) is 50.2 Å². The van der Waals surface area contributed by atoms with Gasteiger partial charge in [-0.15, -0.1) is 0 Å². The molecule has 7 heteroatoms. The fraction of sp³-hybridized carbons (Fsp3) is 0.688. The third-order valence-electron chi connectivity index (χ3n) is 4.29. The first-order chi connectivity index (χ1) is 10.8. The number of hydrogen-bond donors (Lipinski definition) is 0. The van der Waals surface area contributed by atoms with E-state index in [0.29, 0.717) is 6.54 Å². The van der Waals surface area contributed by atoms with Gasteiger partial charge in [0, 0.05) is 27.1 Å². The summed E-state index contributed by atoms with van der Waals surface area (Å²) in [6.07, 6.45) is 4.56. The standard InChI is InChI=1S/C16H26N2O4S/c1-4-13-9-10-15(22-13)14-8-6-5-7-11-18(14)16(19)12-23(20,21)17(2)3/h9-10,14H,4-8,11-12H2,1-3H3/t14-/m0/s1. The molecule has 23 heavy (non-hydrogen) atoms. The van der Waals surface area contributed by atoms with Crippen molar-refractivity contribution in [3.63, 3.8) is 0 Å². The van der Waals surface area contributed by atoms with Crippen molar-refractivity contribution in [3.8, 4) is 0 Å². The Labute approximate surface area is 138 Å². The van der Waals surface area contributed by atoms with E-state index in [-0.39, 0.29) is 11.9 Å². The Hall–Kier alpha value is -1.34. The van der Waals surface area contributed by atoms with E-state index in [0.717, 1.165) is 47.9 Å². The highest BCUT2D eigenvalue weighted by Gasteiger charge is 2.32. The SMILES string of the molecule is CCc1ccc([C@@H]2CCCCCN2C(=O)CS(=O)(=O)N(C)C)o1. The van der Waals surface area contributed by atoms with Gasteiger partial charge < -0.3 is 9.32 Å². The zero-order valence-electron chi connectivity index (χ0n) is 14.1. The molecular formula is C16H26N2O4S. The molecular weight excluding hydrogens is 316 g/mol. The molecule has 0 radical (unpaired) electrons. The minimum Gasteiger partial charge on any atom is -0.464 e. The Morgan fingerprint density at radius 1 is 1.30 bits per heavy atom. The molecule has 1 saturated heterocycles. The van der Waals surface area contributed by atoms with Crippen molar-refractivity contribution < 1.29 is 17.6 Å². The Balaban J connectivity index is 2.22. The first-order valence-electron chi connectivity index (χ1n) is 8.13. The van der Waals surface area contributed by atoms with Gasteiger partial charge in [-0.05, 0) is 25.0 Å².